The number of pyridine rings is 1. The molecule has 3 aromatic rings. The summed E-state index contributed by atoms with van der Waals surface area (Å²) in [4.78, 5) is 31.7. The van der Waals surface area contributed by atoms with Gasteiger partial charge in [-0.05, 0) is 31.2 Å². The maximum atomic E-state index is 14.2. The van der Waals surface area contributed by atoms with E-state index in [4.69, 9.17) is 15.3 Å². The number of rotatable bonds is 12. The quantitative estimate of drug-likeness (QED) is 0.144. The molecule has 1 saturated heterocycles. The van der Waals surface area contributed by atoms with Gasteiger partial charge in [0.2, 0.25) is 5.78 Å². The van der Waals surface area contributed by atoms with Crippen molar-refractivity contribution in [1.29, 1.82) is 10.8 Å². The third kappa shape index (κ3) is 7.10. The largest absolute Gasteiger partial charge is 0.403 e. The highest BCUT2D eigenvalue weighted by atomic mass is 19.4. The maximum absolute atomic E-state index is 14.2. The van der Waals surface area contributed by atoms with E-state index in [9.17, 15) is 31.5 Å². The molecule has 1 unspecified atom stereocenters. The van der Waals surface area contributed by atoms with Crippen LogP contribution in [0.4, 0.5) is 22.0 Å². The zero-order chi connectivity index (χ0) is 31.7. The molecule has 1 fully saturated rings. The molecule has 0 spiro atoms. The van der Waals surface area contributed by atoms with Crippen molar-refractivity contribution in [2.24, 2.45) is 5.41 Å². The molecule has 0 bridgehead atoms. The number of likely N-dealkylation sites (tertiary alicyclic amines) is 1. The van der Waals surface area contributed by atoms with Crippen LogP contribution in [0, 0.1) is 27.9 Å². The molecule has 0 amide bonds. The minimum atomic E-state index is -4.52. The van der Waals surface area contributed by atoms with Crippen LogP contribution in [0.1, 0.15) is 56.2 Å². The number of alkyl halides is 3. The maximum Gasteiger partial charge on any atom is 0.403 e. The Morgan fingerprint density at radius 2 is 1.74 bits per heavy atom. The molecule has 2 aromatic heterocycles. The Morgan fingerprint density at radius 1 is 1.05 bits per heavy atom. The number of nitrogens with zero attached hydrogens (tertiary/aromatic N) is 3. The molecule has 43 heavy (non-hydrogen) atoms. The van der Waals surface area contributed by atoms with Gasteiger partial charge in [0.1, 0.15) is 17.7 Å². The number of nitrogens with one attached hydrogen (secondary N) is 2. The molecule has 0 radical (unpaired) electrons. The van der Waals surface area contributed by atoms with Crippen LogP contribution >= 0.6 is 0 Å². The van der Waals surface area contributed by atoms with Crippen LogP contribution < -0.4 is 0 Å². The zero-order valence-corrected chi connectivity index (χ0v) is 23.7. The van der Waals surface area contributed by atoms with Crippen LogP contribution in [0.5, 0.6) is 0 Å². The number of ketones is 2. The first kappa shape index (κ1) is 31.8. The number of halogens is 5. The average molecular weight is 604 g/mol. The molecule has 1 atom stereocenters. The predicted molar refractivity (Wildman–Crippen MR) is 147 cm³/mol. The second-order valence-electron chi connectivity index (χ2n) is 11.7. The number of benzene rings is 1. The van der Waals surface area contributed by atoms with Crippen molar-refractivity contribution in [1.82, 2.24) is 15.0 Å². The molecule has 8 nitrogen and oxygen atoms in total. The fourth-order valence-electron chi connectivity index (χ4n) is 5.23. The Labute approximate surface area is 244 Å². The standard InChI is InChI=1S/C30H30F5N5O3/c1-17(30(33,34)35)40-15-29(16-40,14-24(41)21(36)12-28(2,3)26-6-4-5-9-38-26)13-22(37)27(42)23-11-25(43-39-23)19-8-7-18(31)10-20(19)32/h4-11,17,36-37H,12-16H2,1-3H3. The summed E-state index contributed by atoms with van der Waals surface area (Å²) < 4.78 is 72.7. The van der Waals surface area contributed by atoms with Crippen LogP contribution in [-0.2, 0) is 10.2 Å². The molecule has 13 heteroatoms. The Bertz CT molecular complexity index is 1540. The topological polar surface area (TPSA) is 124 Å². The summed E-state index contributed by atoms with van der Waals surface area (Å²) in [5, 5.41) is 20.5. The van der Waals surface area contributed by atoms with E-state index in [-0.39, 0.29) is 55.1 Å². The Hall–Kier alpha value is -4.13. The number of carbonyl (C=O) groups excluding carboxylic acids is 2. The number of hydrogen-bond donors (Lipinski definition) is 2. The van der Waals surface area contributed by atoms with Crippen molar-refractivity contribution in [3.05, 3.63) is 71.7 Å². The third-order valence-electron chi connectivity index (χ3n) is 7.71. The summed E-state index contributed by atoms with van der Waals surface area (Å²) >= 11 is 0. The van der Waals surface area contributed by atoms with E-state index < -0.39 is 52.0 Å². The minimum Gasteiger partial charge on any atom is -0.355 e. The SMILES string of the molecule is CC(N1CC(CC(=N)C(=O)c2cc(-c3ccc(F)cc3F)on2)(CC(=O)C(=N)CC(C)(C)c2ccccn2)C1)C(F)(F)F. The van der Waals surface area contributed by atoms with E-state index in [0.717, 1.165) is 30.0 Å². The van der Waals surface area contributed by atoms with Gasteiger partial charge in [-0.1, -0.05) is 25.1 Å². The summed E-state index contributed by atoms with van der Waals surface area (Å²) in [5.41, 5.74) is -2.50. The second-order valence-corrected chi connectivity index (χ2v) is 11.7. The lowest BCUT2D eigenvalue weighted by Gasteiger charge is -2.52. The van der Waals surface area contributed by atoms with Crippen molar-refractivity contribution in [2.45, 2.75) is 57.7 Å². The normalized spacial score (nSPS) is 15.9. The highest BCUT2D eigenvalue weighted by molar-refractivity contribution is 6.44. The van der Waals surface area contributed by atoms with Crippen molar-refractivity contribution in [3.8, 4) is 11.3 Å². The summed E-state index contributed by atoms with van der Waals surface area (Å²) in [6.07, 6.45) is -3.60. The summed E-state index contributed by atoms with van der Waals surface area (Å²) in [6, 6.07) is 7.28. The number of carbonyl (C=O) groups is 2. The van der Waals surface area contributed by atoms with Crippen LogP contribution in [0.15, 0.2) is 53.2 Å². The molecule has 228 valence electrons. The molecule has 0 aliphatic carbocycles. The molecular formula is C30H30F5N5O3. The number of Topliss-reactive ketones (excluding diaryl/α,β-unsaturated/α-hetero) is 2. The van der Waals surface area contributed by atoms with Crippen molar-refractivity contribution in [2.75, 3.05) is 13.1 Å². The Kier molecular flexibility index (Phi) is 8.77. The molecular weight excluding hydrogens is 573 g/mol. The molecule has 1 aliphatic rings. The van der Waals surface area contributed by atoms with Crippen molar-refractivity contribution < 1.29 is 36.1 Å². The van der Waals surface area contributed by atoms with Gasteiger partial charge < -0.3 is 15.3 Å². The lowest BCUT2D eigenvalue weighted by Crippen LogP contribution is -2.63. The van der Waals surface area contributed by atoms with Gasteiger partial charge in [-0.2, -0.15) is 13.2 Å². The zero-order valence-electron chi connectivity index (χ0n) is 23.7. The fourth-order valence-corrected chi connectivity index (χ4v) is 5.23. The first-order valence-electron chi connectivity index (χ1n) is 13.4. The van der Waals surface area contributed by atoms with E-state index in [1.165, 1.54) is 0 Å². The average Bonchev–Trinajstić information content (AvgIpc) is 3.40. The number of aromatic nitrogens is 2. The van der Waals surface area contributed by atoms with Gasteiger partial charge in [-0.15, -0.1) is 0 Å². The van der Waals surface area contributed by atoms with Gasteiger partial charge >= 0.3 is 6.18 Å². The summed E-state index contributed by atoms with van der Waals surface area (Å²) in [6.45, 7) is 4.18. The van der Waals surface area contributed by atoms with Gasteiger partial charge in [0, 0.05) is 67.2 Å². The molecule has 4 rings (SSSR count). The van der Waals surface area contributed by atoms with E-state index in [0.29, 0.717) is 11.8 Å². The molecule has 0 saturated carbocycles. The minimum absolute atomic E-state index is 0.0274. The van der Waals surface area contributed by atoms with Crippen LogP contribution in [0.25, 0.3) is 11.3 Å². The highest BCUT2D eigenvalue weighted by Gasteiger charge is 2.53. The monoisotopic (exact) mass is 603 g/mol. The van der Waals surface area contributed by atoms with Crippen LogP contribution in [0.3, 0.4) is 0 Å². The highest BCUT2D eigenvalue weighted by Crippen LogP contribution is 2.43. The first-order valence-corrected chi connectivity index (χ1v) is 13.4. The predicted octanol–water partition coefficient (Wildman–Crippen LogP) is 6.21. The molecule has 1 aliphatic heterocycles. The van der Waals surface area contributed by atoms with Gasteiger partial charge in [-0.3, -0.25) is 19.5 Å². The summed E-state index contributed by atoms with van der Waals surface area (Å²) in [7, 11) is 0. The fraction of sp³-hybridized carbons (Fsp3) is 0.400. The van der Waals surface area contributed by atoms with E-state index in [1.807, 2.05) is 13.8 Å². The van der Waals surface area contributed by atoms with Crippen molar-refractivity contribution >= 4 is 23.0 Å². The van der Waals surface area contributed by atoms with Gasteiger partial charge in [0.05, 0.1) is 17.0 Å². The van der Waals surface area contributed by atoms with Gasteiger partial charge in [0.25, 0.3) is 0 Å². The lowest BCUT2D eigenvalue weighted by molar-refractivity contribution is -0.204. The van der Waals surface area contributed by atoms with Gasteiger partial charge in [0.15, 0.2) is 17.2 Å². The second kappa shape index (κ2) is 11.9. The van der Waals surface area contributed by atoms with Gasteiger partial charge in [-0.25, -0.2) is 8.78 Å². The molecule has 1 aromatic carbocycles. The third-order valence-corrected chi connectivity index (χ3v) is 7.71. The number of hydrogen-bond acceptors (Lipinski definition) is 8. The van der Waals surface area contributed by atoms with Crippen LogP contribution in [-0.4, -0.2) is 63.3 Å². The summed E-state index contributed by atoms with van der Waals surface area (Å²) in [5.74, 6) is -3.47. The van der Waals surface area contributed by atoms with E-state index >= 15 is 0 Å². The van der Waals surface area contributed by atoms with E-state index in [1.54, 1.807) is 24.4 Å². The van der Waals surface area contributed by atoms with E-state index in [2.05, 4.69) is 10.1 Å². The Balaban J connectivity index is 1.50. The van der Waals surface area contributed by atoms with Crippen molar-refractivity contribution in [3.63, 3.8) is 0 Å². The first-order chi connectivity index (χ1) is 20.0. The molecule has 2 N–H and O–H groups in total. The molecule has 3 heterocycles. The van der Waals surface area contributed by atoms with Crippen LogP contribution in [0.2, 0.25) is 0 Å². The Morgan fingerprint density at radius 3 is 2.35 bits per heavy atom. The smallest absolute Gasteiger partial charge is 0.355 e. The lowest BCUT2D eigenvalue weighted by atomic mass is 9.69.